The summed E-state index contributed by atoms with van der Waals surface area (Å²) in [5.74, 6) is 1.17. The van der Waals surface area contributed by atoms with Crippen molar-refractivity contribution in [3.05, 3.63) is 94.8 Å². The molecule has 4 nitrogen and oxygen atoms in total. The van der Waals surface area contributed by atoms with Gasteiger partial charge in [-0.25, -0.2) is 4.98 Å². The predicted octanol–water partition coefficient (Wildman–Crippen LogP) is 5.57. The van der Waals surface area contributed by atoms with Crippen LogP contribution in [0, 0.1) is 6.92 Å². The van der Waals surface area contributed by atoms with Crippen molar-refractivity contribution in [2.24, 2.45) is 0 Å². The van der Waals surface area contributed by atoms with E-state index in [4.69, 9.17) is 16.6 Å². The summed E-state index contributed by atoms with van der Waals surface area (Å²) in [5, 5.41) is 0.727. The number of hydrogen-bond acceptors (Lipinski definition) is 2. The second kappa shape index (κ2) is 7.62. The predicted molar refractivity (Wildman–Crippen MR) is 121 cm³/mol. The van der Waals surface area contributed by atoms with Crippen molar-refractivity contribution >= 4 is 34.2 Å². The molecule has 1 aromatic heterocycles. The fourth-order valence-corrected chi connectivity index (χ4v) is 4.40. The quantitative estimate of drug-likeness (QED) is 0.437. The van der Waals surface area contributed by atoms with Gasteiger partial charge in [0.05, 0.1) is 11.0 Å². The van der Waals surface area contributed by atoms with E-state index in [-0.39, 0.29) is 11.8 Å². The highest BCUT2D eigenvalue weighted by Crippen LogP contribution is 2.34. The zero-order valence-corrected chi connectivity index (χ0v) is 17.5. The van der Waals surface area contributed by atoms with E-state index in [1.54, 1.807) is 0 Å². The van der Waals surface area contributed by atoms with Crippen LogP contribution >= 0.6 is 11.6 Å². The molecule has 1 fully saturated rings. The third-order valence-corrected chi connectivity index (χ3v) is 5.99. The maximum atomic E-state index is 12.9. The van der Waals surface area contributed by atoms with Crippen LogP contribution in [0.5, 0.6) is 0 Å². The zero-order valence-electron chi connectivity index (χ0n) is 16.8. The Morgan fingerprint density at radius 3 is 2.63 bits per heavy atom. The van der Waals surface area contributed by atoms with Crippen molar-refractivity contribution in [2.45, 2.75) is 25.8 Å². The van der Waals surface area contributed by atoms with Gasteiger partial charge in [0.25, 0.3) is 0 Å². The van der Waals surface area contributed by atoms with Gasteiger partial charge in [-0.05, 0) is 54.4 Å². The molecule has 0 radical (unpaired) electrons. The summed E-state index contributed by atoms with van der Waals surface area (Å²) in [4.78, 5) is 19.7. The van der Waals surface area contributed by atoms with E-state index >= 15 is 0 Å². The van der Waals surface area contributed by atoms with Crippen LogP contribution in [-0.2, 0) is 11.3 Å². The number of anilines is 1. The van der Waals surface area contributed by atoms with E-state index < -0.39 is 0 Å². The normalized spacial score (nSPS) is 16.5. The van der Waals surface area contributed by atoms with Crippen molar-refractivity contribution in [1.82, 2.24) is 9.55 Å². The van der Waals surface area contributed by atoms with E-state index in [1.807, 2.05) is 72.5 Å². The lowest BCUT2D eigenvalue weighted by atomic mass is 10.1. The van der Waals surface area contributed by atoms with Gasteiger partial charge in [0.1, 0.15) is 5.82 Å². The zero-order chi connectivity index (χ0) is 20.7. The maximum Gasteiger partial charge on any atom is 0.227 e. The van der Waals surface area contributed by atoms with Crippen LogP contribution < -0.4 is 4.90 Å². The van der Waals surface area contributed by atoms with E-state index in [9.17, 15) is 4.79 Å². The summed E-state index contributed by atoms with van der Waals surface area (Å²) in [7, 11) is 0. The second-order valence-electron chi connectivity index (χ2n) is 7.92. The molecular weight excluding hydrogens is 394 g/mol. The molecule has 1 amide bonds. The molecule has 1 saturated heterocycles. The van der Waals surface area contributed by atoms with E-state index in [2.05, 4.69) is 16.7 Å². The van der Waals surface area contributed by atoms with Gasteiger partial charge in [-0.3, -0.25) is 4.79 Å². The number of carbonyl (C=O) groups is 1. The standard InChI is InChI=1S/C25H22ClN3O/c1-17-5-4-6-21(13-17)28-16-19(14-24(28)30)25-27-22-7-2-3-8-23(22)29(25)15-18-9-11-20(26)12-10-18/h2-13,19H,14-16H2,1H3. The first-order valence-corrected chi connectivity index (χ1v) is 10.5. The van der Waals surface area contributed by atoms with Gasteiger partial charge < -0.3 is 9.47 Å². The minimum Gasteiger partial charge on any atom is -0.323 e. The van der Waals surface area contributed by atoms with E-state index in [0.717, 1.165) is 38.7 Å². The number of carbonyl (C=O) groups excluding carboxylic acids is 1. The smallest absolute Gasteiger partial charge is 0.227 e. The summed E-state index contributed by atoms with van der Waals surface area (Å²) in [6.45, 7) is 3.39. The fourth-order valence-electron chi connectivity index (χ4n) is 4.27. The van der Waals surface area contributed by atoms with Gasteiger partial charge in [-0.15, -0.1) is 0 Å². The third-order valence-electron chi connectivity index (χ3n) is 5.74. The highest BCUT2D eigenvalue weighted by atomic mass is 35.5. The first-order chi connectivity index (χ1) is 14.6. The summed E-state index contributed by atoms with van der Waals surface area (Å²) in [6.07, 6.45) is 0.470. The molecule has 150 valence electrons. The van der Waals surface area contributed by atoms with Crippen molar-refractivity contribution in [3.8, 4) is 0 Å². The summed E-state index contributed by atoms with van der Waals surface area (Å²) in [6, 6.07) is 24.2. The molecule has 0 bridgehead atoms. The highest BCUT2D eigenvalue weighted by molar-refractivity contribution is 6.30. The monoisotopic (exact) mass is 415 g/mol. The Bertz CT molecular complexity index is 1230. The number of aromatic nitrogens is 2. The average Bonchev–Trinajstić information content (AvgIpc) is 3.30. The first-order valence-electron chi connectivity index (χ1n) is 10.1. The van der Waals surface area contributed by atoms with Crippen LogP contribution in [0.1, 0.15) is 29.3 Å². The molecule has 0 spiro atoms. The highest BCUT2D eigenvalue weighted by Gasteiger charge is 2.34. The Kier molecular flexibility index (Phi) is 4.80. The molecule has 5 rings (SSSR count). The molecular formula is C25H22ClN3O. The number of halogens is 1. The second-order valence-corrected chi connectivity index (χ2v) is 8.35. The Balaban J connectivity index is 1.52. The molecule has 0 N–H and O–H groups in total. The fraction of sp³-hybridized carbons (Fsp3) is 0.200. The molecule has 0 aliphatic carbocycles. The van der Waals surface area contributed by atoms with Crippen LogP contribution in [0.25, 0.3) is 11.0 Å². The topological polar surface area (TPSA) is 38.1 Å². The van der Waals surface area contributed by atoms with Crippen molar-refractivity contribution < 1.29 is 4.79 Å². The molecule has 5 heteroatoms. The van der Waals surface area contributed by atoms with Gasteiger partial charge in [0.15, 0.2) is 0 Å². The lowest BCUT2D eigenvalue weighted by molar-refractivity contribution is -0.117. The van der Waals surface area contributed by atoms with Gasteiger partial charge in [0, 0.05) is 36.1 Å². The van der Waals surface area contributed by atoms with Crippen LogP contribution in [0.15, 0.2) is 72.8 Å². The van der Waals surface area contributed by atoms with Crippen LogP contribution in [0.3, 0.4) is 0 Å². The Hall–Kier alpha value is -3.11. The molecule has 1 atom stereocenters. The molecule has 0 saturated carbocycles. The minimum atomic E-state index is 0.0534. The molecule has 1 aliphatic heterocycles. The number of benzene rings is 3. The number of imidazole rings is 1. The molecule has 3 aromatic carbocycles. The number of rotatable bonds is 4. The average molecular weight is 416 g/mol. The van der Waals surface area contributed by atoms with Crippen molar-refractivity contribution in [1.29, 1.82) is 0 Å². The first kappa shape index (κ1) is 18.9. The number of nitrogens with zero attached hydrogens (tertiary/aromatic N) is 3. The number of hydrogen-bond donors (Lipinski definition) is 0. The van der Waals surface area contributed by atoms with Crippen molar-refractivity contribution in [3.63, 3.8) is 0 Å². The van der Waals surface area contributed by atoms with E-state index in [1.165, 1.54) is 0 Å². The summed E-state index contributed by atoms with van der Waals surface area (Å²) < 4.78 is 2.25. The SMILES string of the molecule is Cc1cccc(N2CC(c3nc4ccccc4n3Cc3ccc(Cl)cc3)CC2=O)c1. The van der Waals surface area contributed by atoms with Crippen molar-refractivity contribution in [2.75, 3.05) is 11.4 Å². The van der Waals surface area contributed by atoms with Gasteiger partial charge in [-0.1, -0.05) is 48.0 Å². The van der Waals surface area contributed by atoms with Crippen LogP contribution in [0.2, 0.25) is 5.02 Å². The number of para-hydroxylation sites is 2. The third kappa shape index (κ3) is 3.48. The molecule has 30 heavy (non-hydrogen) atoms. The molecule has 2 heterocycles. The Morgan fingerprint density at radius 2 is 1.83 bits per heavy atom. The van der Waals surface area contributed by atoms with Crippen LogP contribution in [-0.4, -0.2) is 22.0 Å². The van der Waals surface area contributed by atoms with Gasteiger partial charge in [0.2, 0.25) is 5.91 Å². The molecule has 4 aromatic rings. The molecule has 1 aliphatic rings. The number of aryl methyl sites for hydroxylation is 1. The minimum absolute atomic E-state index is 0.0534. The number of fused-ring (bicyclic) bond motifs is 1. The van der Waals surface area contributed by atoms with Gasteiger partial charge in [-0.2, -0.15) is 0 Å². The Labute approximate surface area is 180 Å². The van der Waals surface area contributed by atoms with E-state index in [0.29, 0.717) is 19.5 Å². The summed E-state index contributed by atoms with van der Waals surface area (Å²) in [5.41, 5.74) is 5.32. The number of amides is 1. The Morgan fingerprint density at radius 1 is 1.03 bits per heavy atom. The lowest BCUT2D eigenvalue weighted by Gasteiger charge is -2.18. The van der Waals surface area contributed by atoms with Gasteiger partial charge >= 0.3 is 0 Å². The maximum absolute atomic E-state index is 12.9. The largest absolute Gasteiger partial charge is 0.323 e. The summed E-state index contributed by atoms with van der Waals surface area (Å²) >= 11 is 6.06. The van der Waals surface area contributed by atoms with Crippen LogP contribution in [0.4, 0.5) is 5.69 Å². The molecule has 1 unspecified atom stereocenters. The lowest BCUT2D eigenvalue weighted by Crippen LogP contribution is -2.24.